The van der Waals surface area contributed by atoms with E-state index in [2.05, 4.69) is 17.1 Å². The molecule has 0 radical (unpaired) electrons. The molecular weight excluding hydrogens is 298 g/mol. The second-order valence-electron chi connectivity index (χ2n) is 6.07. The zero-order valence-electron chi connectivity index (χ0n) is 13.7. The van der Waals surface area contributed by atoms with Crippen LogP contribution in [0, 0.1) is 10.1 Å². The monoisotopic (exact) mass is 321 g/mol. The van der Waals surface area contributed by atoms with Crippen molar-refractivity contribution in [3.63, 3.8) is 0 Å². The van der Waals surface area contributed by atoms with Crippen molar-refractivity contribution < 1.29 is 14.5 Å². The predicted octanol–water partition coefficient (Wildman–Crippen LogP) is 1.82. The van der Waals surface area contributed by atoms with Crippen LogP contribution in [0.2, 0.25) is 0 Å². The smallest absolute Gasteiger partial charge is 0.269 e. The molecule has 3 unspecified atom stereocenters. The van der Waals surface area contributed by atoms with Gasteiger partial charge in [0, 0.05) is 43.4 Å². The molecule has 1 amide bonds. The lowest BCUT2D eigenvalue weighted by Crippen LogP contribution is -2.52. The summed E-state index contributed by atoms with van der Waals surface area (Å²) in [6.45, 7) is 8.38. The molecule has 0 bridgehead atoms. The Morgan fingerprint density at radius 1 is 1.35 bits per heavy atom. The van der Waals surface area contributed by atoms with Crippen LogP contribution in [0.3, 0.4) is 0 Å². The van der Waals surface area contributed by atoms with Gasteiger partial charge in [0.2, 0.25) is 0 Å². The number of carbonyl (C=O) groups excluding carboxylic acids is 1. The molecule has 126 valence electrons. The van der Waals surface area contributed by atoms with E-state index in [0.29, 0.717) is 12.1 Å². The lowest BCUT2D eigenvalue weighted by molar-refractivity contribution is -0.384. The van der Waals surface area contributed by atoms with E-state index in [0.717, 1.165) is 13.1 Å². The first kappa shape index (κ1) is 17.4. The molecule has 7 nitrogen and oxygen atoms in total. The van der Waals surface area contributed by atoms with Gasteiger partial charge in [0.25, 0.3) is 11.6 Å². The first-order chi connectivity index (χ1) is 10.9. The Bertz CT molecular complexity index is 551. The fourth-order valence-corrected chi connectivity index (χ4v) is 2.78. The average molecular weight is 321 g/mol. The third-order valence-electron chi connectivity index (χ3n) is 3.97. The topological polar surface area (TPSA) is 84.7 Å². The number of morpholine rings is 1. The second kappa shape index (κ2) is 7.52. The van der Waals surface area contributed by atoms with Crippen molar-refractivity contribution in [3.05, 3.63) is 39.9 Å². The van der Waals surface area contributed by atoms with Gasteiger partial charge in [-0.05, 0) is 32.9 Å². The second-order valence-corrected chi connectivity index (χ2v) is 6.07. The summed E-state index contributed by atoms with van der Waals surface area (Å²) in [5, 5.41) is 13.5. The van der Waals surface area contributed by atoms with Crippen LogP contribution in [0.15, 0.2) is 24.3 Å². The minimum Gasteiger partial charge on any atom is -0.373 e. The molecule has 3 atom stereocenters. The molecule has 1 aliphatic rings. The van der Waals surface area contributed by atoms with Crippen molar-refractivity contribution >= 4 is 11.6 Å². The van der Waals surface area contributed by atoms with Gasteiger partial charge >= 0.3 is 0 Å². The van der Waals surface area contributed by atoms with Gasteiger partial charge in [-0.2, -0.15) is 0 Å². The number of nitrogens with one attached hydrogen (secondary N) is 1. The maximum atomic E-state index is 12.1. The average Bonchev–Trinajstić information content (AvgIpc) is 2.51. The molecular formula is C16H23N3O4. The van der Waals surface area contributed by atoms with E-state index in [9.17, 15) is 14.9 Å². The Morgan fingerprint density at radius 3 is 2.43 bits per heavy atom. The SMILES string of the molecule is CC1CN(C(C)CNC(=O)c2ccc([N+](=O)[O-])cc2)CC(C)O1. The van der Waals surface area contributed by atoms with Crippen molar-refractivity contribution in [1.82, 2.24) is 10.2 Å². The van der Waals surface area contributed by atoms with Crippen molar-refractivity contribution in [3.8, 4) is 0 Å². The lowest BCUT2D eigenvalue weighted by Gasteiger charge is -2.39. The van der Waals surface area contributed by atoms with Gasteiger partial charge in [0.15, 0.2) is 0 Å². The van der Waals surface area contributed by atoms with E-state index < -0.39 is 4.92 Å². The van der Waals surface area contributed by atoms with Crippen LogP contribution >= 0.6 is 0 Å². The summed E-state index contributed by atoms with van der Waals surface area (Å²) in [7, 11) is 0. The summed E-state index contributed by atoms with van der Waals surface area (Å²) in [6.07, 6.45) is 0.373. The van der Waals surface area contributed by atoms with E-state index in [1.54, 1.807) is 0 Å². The van der Waals surface area contributed by atoms with E-state index in [4.69, 9.17) is 4.74 Å². The number of nitro benzene ring substituents is 1. The first-order valence-corrected chi connectivity index (χ1v) is 7.79. The number of amides is 1. The largest absolute Gasteiger partial charge is 0.373 e. The van der Waals surface area contributed by atoms with Gasteiger partial charge in [0.05, 0.1) is 17.1 Å². The number of hydrogen-bond acceptors (Lipinski definition) is 5. The van der Waals surface area contributed by atoms with Gasteiger partial charge in [-0.3, -0.25) is 19.8 Å². The summed E-state index contributed by atoms with van der Waals surface area (Å²) in [5.74, 6) is -0.221. The van der Waals surface area contributed by atoms with Gasteiger partial charge in [-0.1, -0.05) is 0 Å². The zero-order chi connectivity index (χ0) is 17.0. The molecule has 2 rings (SSSR count). The molecule has 23 heavy (non-hydrogen) atoms. The van der Waals surface area contributed by atoms with Crippen molar-refractivity contribution in [2.75, 3.05) is 19.6 Å². The van der Waals surface area contributed by atoms with Crippen molar-refractivity contribution in [2.45, 2.75) is 39.0 Å². The van der Waals surface area contributed by atoms with Crippen molar-refractivity contribution in [1.29, 1.82) is 0 Å². The fourth-order valence-electron chi connectivity index (χ4n) is 2.78. The summed E-state index contributed by atoms with van der Waals surface area (Å²) < 4.78 is 5.71. The third kappa shape index (κ3) is 4.74. The standard InChI is InChI=1S/C16H23N3O4/c1-11(18-9-12(2)23-13(3)10-18)8-17-16(20)14-4-6-15(7-5-14)19(21)22/h4-7,11-13H,8-10H2,1-3H3,(H,17,20). The molecule has 7 heteroatoms. The number of rotatable bonds is 5. The van der Waals surface area contributed by atoms with Gasteiger partial charge in [-0.25, -0.2) is 0 Å². The summed E-state index contributed by atoms with van der Waals surface area (Å²) in [6, 6.07) is 5.81. The van der Waals surface area contributed by atoms with Crippen LogP contribution in [0.5, 0.6) is 0 Å². The number of benzene rings is 1. The molecule has 1 N–H and O–H groups in total. The normalized spacial score (nSPS) is 23.3. The maximum Gasteiger partial charge on any atom is 0.269 e. The Labute approximate surface area is 135 Å². The predicted molar refractivity (Wildman–Crippen MR) is 86.5 cm³/mol. The molecule has 1 saturated heterocycles. The van der Waals surface area contributed by atoms with Crippen LogP contribution < -0.4 is 5.32 Å². The van der Waals surface area contributed by atoms with Crippen LogP contribution in [0.25, 0.3) is 0 Å². The number of non-ortho nitro benzene ring substituents is 1. The van der Waals surface area contributed by atoms with E-state index >= 15 is 0 Å². The van der Waals surface area contributed by atoms with E-state index in [1.165, 1.54) is 24.3 Å². The molecule has 0 spiro atoms. The third-order valence-corrected chi connectivity index (χ3v) is 3.97. The Kier molecular flexibility index (Phi) is 5.68. The number of ether oxygens (including phenoxy) is 1. The number of carbonyl (C=O) groups is 1. The van der Waals surface area contributed by atoms with Crippen molar-refractivity contribution in [2.24, 2.45) is 0 Å². The minimum absolute atomic E-state index is 0.0220. The molecule has 0 aliphatic carbocycles. The molecule has 1 aliphatic heterocycles. The molecule has 1 aromatic rings. The highest BCUT2D eigenvalue weighted by Crippen LogP contribution is 2.14. The van der Waals surface area contributed by atoms with Crippen LogP contribution in [-0.2, 0) is 4.74 Å². The number of nitro groups is 1. The Morgan fingerprint density at radius 2 is 1.91 bits per heavy atom. The highest BCUT2D eigenvalue weighted by molar-refractivity contribution is 5.94. The van der Waals surface area contributed by atoms with Crippen LogP contribution in [0.1, 0.15) is 31.1 Å². The maximum absolute atomic E-state index is 12.1. The fraction of sp³-hybridized carbons (Fsp3) is 0.562. The number of nitrogens with zero attached hydrogens (tertiary/aromatic N) is 2. The summed E-state index contributed by atoms with van der Waals surface area (Å²) in [4.78, 5) is 24.6. The van der Waals surface area contributed by atoms with Gasteiger partial charge in [0.1, 0.15) is 0 Å². The summed E-state index contributed by atoms with van der Waals surface area (Å²) >= 11 is 0. The summed E-state index contributed by atoms with van der Waals surface area (Å²) in [5.41, 5.74) is 0.401. The highest BCUT2D eigenvalue weighted by atomic mass is 16.6. The Hall–Kier alpha value is -1.99. The van der Waals surface area contributed by atoms with E-state index in [1.807, 2.05) is 13.8 Å². The number of hydrogen-bond donors (Lipinski definition) is 1. The molecule has 1 heterocycles. The van der Waals surface area contributed by atoms with E-state index in [-0.39, 0.29) is 29.8 Å². The van der Waals surface area contributed by atoms with Gasteiger partial charge in [-0.15, -0.1) is 0 Å². The quantitative estimate of drug-likeness (QED) is 0.660. The van der Waals surface area contributed by atoms with Gasteiger partial charge < -0.3 is 10.1 Å². The Balaban J connectivity index is 1.87. The first-order valence-electron chi connectivity index (χ1n) is 7.79. The molecule has 0 saturated carbocycles. The highest BCUT2D eigenvalue weighted by Gasteiger charge is 2.25. The molecule has 1 fully saturated rings. The van der Waals surface area contributed by atoms with Crippen LogP contribution in [0.4, 0.5) is 5.69 Å². The lowest BCUT2D eigenvalue weighted by atomic mass is 10.1. The molecule has 1 aromatic carbocycles. The minimum atomic E-state index is -0.482. The zero-order valence-corrected chi connectivity index (χ0v) is 13.7. The molecule has 0 aromatic heterocycles. The van der Waals surface area contributed by atoms with Crippen LogP contribution in [-0.4, -0.2) is 53.6 Å².